The van der Waals surface area contributed by atoms with Crippen LogP contribution in [0.25, 0.3) is 0 Å². The number of nitrogens with zero attached hydrogens (tertiary/aromatic N) is 2. The van der Waals surface area contributed by atoms with Gasteiger partial charge in [-0.15, -0.1) is 0 Å². The molecule has 2 aromatic rings. The fourth-order valence-electron chi connectivity index (χ4n) is 2.20. The highest BCUT2D eigenvalue weighted by Gasteiger charge is 2.20. The van der Waals surface area contributed by atoms with Gasteiger partial charge < -0.3 is 9.47 Å². The lowest BCUT2D eigenvalue weighted by molar-refractivity contribution is -0.142. The first-order chi connectivity index (χ1) is 14.2. The molecule has 9 nitrogen and oxygen atoms in total. The Morgan fingerprint density at radius 3 is 2.33 bits per heavy atom. The molecule has 160 valence electrons. The zero-order valence-corrected chi connectivity index (χ0v) is 18.6. The van der Waals surface area contributed by atoms with Crippen molar-refractivity contribution in [3.8, 4) is 5.75 Å². The maximum Gasteiger partial charge on any atom is 0.343 e. The standard InChI is InChI=1S/C19H20BrN3O6S/c1-28-19(25)13-29-17-9-3-14(4-10-17)11-21-22-18(24)12-23(30(2,26)27)16-7-5-15(20)6-8-16/h3-11H,12-13H2,1-2H3,(H,22,24)/b21-11-. The van der Waals surface area contributed by atoms with E-state index in [9.17, 15) is 18.0 Å². The number of nitrogens with one attached hydrogen (secondary N) is 1. The smallest absolute Gasteiger partial charge is 0.343 e. The van der Waals surface area contributed by atoms with E-state index in [1.165, 1.54) is 13.3 Å². The molecular formula is C19H20BrN3O6S. The largest absolute Gasteiger partial charge is 0.482 e. The van der Waals surface area contributed by atoms with Crippen LogP contribution in [0, 0.1) is 0 Å². The van der Waals surface area contributed by atoms with E-state index in [2.05, 4.69) is 31.2 Å². The van der Waals surface area contributed by atoms with E-state index in [0.29, 0.717) is 17.0 Å². The van der Waals surface area contributed by atoms with Gasteiger partial charge in [0, 0.05) is 4.47 Å². The summed E-state index contributed by atoms with van der Waals surface area (Å²) in [6.07, 6.45) is 2.42. The fraction of sp³-hybridized carbons (Fsp3) is 0.211. The van der Waals surface area contributed by atoms with Gasteiger partial charge in [0.25, 0.3) is 5.91 Å². The molecule has 11 heteroatoms. The minimum Gasteiger partial charge on any atom is -0.482 e. The number of anilines is 1. The molecule has 0 saturated heterocycles. The molecule has 30 heavy (non-hydrogen) atoms. The van der Waals surface area contributed by atoms with E-state index in [1.54, 1.807) is 48.5 Å². The summed E-state index contributed by atoms with van der Waals surface area (Å²) < 4.78 is 35.6. The van der Waals surface area contributed by atoms with Gasteiger partial charge in [-0.3, -0.25) is 9.10 Å². The summed E-state index contributed by atoms with van der Waals surface area (Å²) in [5, 5.41) is 3.83. The first-order valence-electron chi connectivity index (χ1n) is 8.54. The van der Waals surface area contributed by atoms with Gasteiger partial charge in [0.2, 0.25) is 10.0 Å². The summed E-state index contributed by atoms with van der Waals surface area (Å²) in [5.74, 6) is -0.618. The normalized spacial score (nSPS) is 11.2. The van der Waals surface area contributed by atoms with Crippen molar-refractivity contribution in [2.75, 3.05) is 30.8 Å². The molecule has 0 aromatic heterocycles. The Kier molecular flexibility index (Phi) is 8.36. The molecule has 1 N–H and O–H groups in total. The number of ether oxygens (including phenoxy) is 2. The van der Waals surface area contributed by atoms with Gasteiger partial charge in [0.15, 0.2) is 6.61 Å². The quantitative estimate of drug-likeness (QED) is 0.321. The Balaban J connectivity index is 1.94. The average Bonchev–Trinajstić information content (AvgIpc) is 2.71. The number of methoxy groups -OCH3 is 1. The van der Waals surface area contributed by atoms with Gasteiger partial charge in [-0.1, -0.05) is 15.9 Å². The van der Waals surface area contributed by atoms with Crippen LogP contribution in [0.2, 0.25) is 0 Å². The van der Waals surface area contributed by atoms with Gasteiger partial charge in [-0.2, -0.15) is 5.10 Å². The van der Waals surface area contributed by atoms with Crippen molar-refractivity contribution in [2.24, 2.45) is 5.10 Å². The van der Waals surface area contributed by atoms with Crippen LogP contribution in [0.5, 0.6) is 5.75 Å². The highest BCUT2D eigenvalue weighted by molar-refractivity contribution is 9.10. The number of rotatable bonds is 9. The topological polar surface area (TPSA) is 114 Å². The first kappa shape index (κ1) is 23.4. The van der Waals surface area contributed by atoms with E-state index in [-0.39, 0.29) is 6.61 Å². The van der Waals surface area contributed by atoms with Crippen molar-refractivity contribution >= 4 is 49.7 Å². The van der Waals surface area contributed by atoms with Crippen LogP contribution in [0.15, 0.2) is 58.1 Å². The fourth-order valence-corrected chi connectivity index (χ4v) is 3.32. The van der Waals surface area contributed by atoms with Crippen LogP contribution in [0.1, 0.15) is 5.56 Å². The molecule has 0 unspecified atom stereocenters. The summed E-state index contributed by atoms with van der Waals surface area (Å²) in [4.78, 5) is 23.2. The Labute approximate surface area is 182 Å². The second-order valence-electron chi connectivity index (χ2n) is 5.97. The molecule has 0 atom stereocenters. The van der Waals surface area contributed by atoms with Crippen LogP contribution < -0.4 is 14.5 Å². The van der Waals surface area contributed by atoms with Crippen molar-refractivity contribution in [2.45, 2.75) is 0 Å². The lowest BCUT2D eigenvalue weighted by atomic mass is 10.2. The maximum atomic E-state index is 12.2. The van der Waals surface area contributed by atoms with Crippen LogP contribution in [0.4, 0.5) is 5.69 Å². The molecule has 2 aromatic carbocycles. The number of carbonyl (C=O) groups is 2. The van der Waals surface area contributed by atoms with Gasteiger partial charge in [0.05, 0.1) is 25.3 Å². The minimum absolute atomic E-state index is 0.199. The Bertz CT molecular complexity index is 1010. The number of halogens is 1. The molecule has 0 heterocycles. The number of hydrogen-bond donors (Lipinski definition) is 1. The number of benzene rings is 2. The van der Waals surface area contributed by atoms with Gasteiger partial charge in [-0.25, -0.2) is 18.6 Å². The number of hydrazone groups is 1. The Morgan fingerprint density at radius 1 is 1.13 bits per heavy atom. The third-order valence-electron chi connectivity index (χ3n) is 3.67. The number of amides is 1. The van der Waals surface area contributed by atoms with Crippen molar-refractivity contribution in [1.82, 2.24) is 5.43 Å². The van der Waals surface area contributed by atoms with E-state index in [4.69, 9.17) is 4.74 Å². The van der Waals surface area contributed by atoms with Crippen molar-refractivity contribution in [3.05, 3.63) is 58.6 Å². The summed E-state index contributed by atoms with van der Waals surface area (Å²) in [7, 11) is -2.39. The molecule has 0 radical (unpaired) electrons. The second-order valence-corrected chi connectivity index (χ2v) is 8.80. The first-order valence-corrected chi connectivity index (χ1v) is 11.2. The molecular weight excluding hydrogens is 478 g/mol. The van der Waals surface area contributed by atoms with Gasteiger partial charge >= 0.3 is 5.97 Å². The summed E-state index contributed by atoms with van der Waals surface area (Å²) in [6.45, 7) is -0.618. The zero-order valence-electron chi connectivity index (χ0n) is 16.2. The SMILES string of the molecule is COC(=O)COc1ccc(/C=N\NC(=O)CN(c2ccc(Br)cc2)S(C)(=O)=O)cc1. The molecule has 0 spiro atoms. The zero-order chi connectivity index (χ0) is 22.1. The van der Waals surface area contributed by atoms with Crippen LogP contribution >= 0.6 is 15.9 Å². The molecule has 1 amide bonds. The lowest BCUT2D eigenvalue weighted by Crippen LogP contribution is -2.38. The van der Waals surface area contributed by atoms with Crippen molar-refractivity contribution < 1.29 is 27.5 Å². The van der Waals surface area contributed by atoms with Crippen LogP contribution in [-0.4, -0.2) is 53.0 Å². The molecule has 0 bridgehead atoms. The number of hydrogen-bond acceptors (Lipinski definition) is 7. The van der Waals surface area contributed by atoms with Crippen LogP contribution in [0.3, 0.4) is 0 Å². The van der Waals surface area contributed by atoms with Crippen LogP contribution in [-0.2, 0) is 24.3 Å². The second kappa shape index (κ2) is 10.7. The molecule has 2 rings (SSSR count). The maximum absolute atomic E-state index is 12.2. The highest BCUT2D eigenvalue weighted by Crippen LogP contribution is 2.20. The van der Waals surface area contributed by atoms with Crippen molar-refractivity contribution in [1.29, 1.82) is 0 Å². The predicted octanol–water partition coefficient (Wildman–Crippen LogP) is 1.92. The van der Waals surface area contributed by atoms with E-state index < -0.39 is 28.4 Å². The Hall–Kier alpha value is -2.92. The minimum atomic E-state index is -3.66. The van der Waals surface area contributed by atoms with E-state index in [1.807, 2.05) is 0 Å². The predicted molar refractivity (Wildman–Crippen MR) is 116 cm³/mol. The lowest BCUT2D eigenvalue weighted by Gasteiger charge is -2.21. The Morgan fingerprint density at radius 2 is 1.77 bits per heavy atom. The molecule has 0 aliphatic heterocycles. The third kappa shape index (κ3) is 7.48. The van der Waals surface area contributed by atoms with E-state index in [0.717, 1.165) is 15.0 Å². The molecule has 0 saturated carbocycles. The average molecular weight is 498 g/mol. The summed E-state index contributed by atoms with van der Waals surface area (Å²) >= 11 is 3.28. The molecule has 0 aliphatic rings. The highest BCUT2D eigenvalue weighted by atomic mass is 79.9. The number of sulfonamides is 1. The summed E-state index contributed by atoms with van der Waals surface area (Å²) in [6, 6.07) is 13.1. The van der Waals surface area contributed by atoms with Crippen molar-refractivity contribution in [3.63, 3.8) is 0 Å². The van der Waals surface area contributed by atoms with Gasteiger partial charge in [-0.05, 0) is 54.1 Å². The number of carbonyl (C=O) groups excluding carboxylic acids is 2. The number of esters is 1. The molecule has 0 aliphatic carbocycles. The molecule has 0 fully saturated rings. The summed E-state index contributed by atoms with van der Waals surface area (Å²) in [5.41, 5.74) is 3.32. The van der Waals surface area contributed by atoms with Gasteiger partial charge in [0.1, 0.15) is 12.3 Å². The van der Waals surface area contributed by atoms with E-state index >= 15 is 0 Å². The monoisotopic (exact) mass is 497 g/mol. The third-order valence-corrected chi connectivity index (χ3v) is 5.34.